The Bertz CT molecular complexity index is 54.5. The highest BCUT2D eigenvalue weighted by atomic mass is 16.7. The molecule has 0 saturated carbocycles. The smallest absolute Gasteiger partial charge is 0.0736 e. The van der Waals surface area contributed by atoms with Crippen LogP contribution in [0.15, 0.2) is 0 Å². The van der Waals surface area contributed by atoms with Gasteiger partial charge in [-0.1, -0.05) is 6.92 Å². The quantitative estimate of drug-likeness (QED) is 0.516. The molecule has 50 valence electrons. The van der Waals surface area contributed by atoms with Crippen LogP contribution in [-0.2, 0) is 4.84 Å². The molecule has 0 amide bonds. The fourth-order valence-corrected chi connectivity index (χ4v) is 0.434. The van der Waals surface area contributed by atoms with Crippen LogP contribution in [0, 0.1) is 0 Å². The molecular weight excluding hydrogens is 102 g/mol. The van der Waals surface area contributed by atoms with Crippen molar-refractivity contribution in [2.75, 3.05) is 13.6 Å². The molecular formula is C6H15NO. The number of hydrogen-bond donors (Lipinski definition) is 0. The Kier molecular flexibility index (Phi) is 3.83. The lowest BCUT2D eigenvalue weighted by molar-refractivity contribution is -0.166. The van der Waals surface area contributed by atoms with Crippen LogP contribution in [0.5, 0.6) is 0 Å². The second kappa shape index (κ2) is 3.87. The standard InChI is InChI=1S/C6H15NO/c1-5-7(4)8-6(2)3/h6H,5H2,1-4H3. The molecule has 0 fully saturated rings. The molecule has 2 heteroatoms. The Morgan fingerprint density at radius 1 is 1.50 bits per heavy atom. The summed E-state index contributed by atoms with van der Waals surface area (Å²) < 4.78 is 0. The van der Waals surface area contributed by atoms with Crippen molar-refractivity contribution in [3.8, 4) is 0 Å². The van der Waals surface area contributed by atoms with Crippen LogP contribution in [0.1, 0.15) is 20.8 Å². The zero-order valence-electron chi connectivity index (χ0n) is 6.14. The molecule has 0 aromatic rings. The van der Waals surface area contributed by atoms with Crippen LogP contribution < -0.4 is 0 Å². The Balaban J connectivity index is 3.10. The topological polar surface area (TPSA) is 12.5 Å². The van der Waals surface area contributed by atoms with Crippen LogP contribution in [0.2, 0.25) is 0 Å². The van der Waals surface area contributed by atoms with Crippen LogP contribution in [0.25, 0.3) is 0 Å². The van der Waals surface area contributed by atoms with Crippen LogP contribution in [0.4, 0.5) is 0 Å². The van der Waals surface area contributed by atoms with Crippen molar-refractivity contribution in [1.82, 2.24) is 5.06 Å². The number of rotatable bonds is 3. The summed E-state index contributed by atoms with van der Waals surface area (Å²) in [5.74, 6) is 0. The zero-order chi connectivity index (χ0) is 6.57. The molecule has 0 saturated heterocycles. The minimum atomic E-state index is 0.306. The van der Waals surface area contributed by atoms with Crippen molar-refractivity contribution in [3.05, 3.63) is 0 Å². The van der Waals surface area contributed by atoms with E-state index in [1.807, 2.05) is 26.0 Å². The Morgan fingerprint density at radius 2 is 2.00 bits per heavy atom. The van der Waals surface area contributed by atoms with Gasteiger partial charge in [0.2, 0.25) is 0 Å². The normalized spacial score (nSPS) is 11.2. The molecule has 0 rings (SSSR count). The molecule has 0 aromatic carbocycles. The third-order valence-electron chi connectivity index (χ3n) is 0.836. The highest BCUT2D eigenvalue weighted by Crippen LogP contribution is 1.90. The van der Waals surface area contributed by atoms with Crippen LogP contribution in [-0.4, -0.2) is 24.8 Å². The molecule has 8 heavy (non-hydrogen) atoms. The molecule has 0 aliphatic heterocycles. The maximum absolute atomic E-state index is 5.23. The van der Waals surface area contributed by atoms with Gasteiger partial charge in [-0.3, -0.25) is 4.84 Å². The van der Waals surface area contributed by atoms with Gasteiger partial charge in [-0.2, -0.15) is 5.06 Å². The molecule has 0 aliphatic carbocycles. The SMILES string of the molecule is CCN(C)OC(C)C. The Labute approximate surface area is 51.4 Å². The third kappa shape index (κ3) is 4.09. The van der Waals surface area contributed by atoms with Gasteiger partial charge >= 0.3 is 0 Å². The molecule has 0 radical (unpaired) electrons. The first kappa shape index (κ1) is 7.92. The molecule has 0 N–H and O–H groups in total. The Morgan fingerprint density at radius 3 is 2.12 bits per heavy atom. The van der Waals surface area contributed by atoms with Crippen molar-refractivity contribution in [1.29, 1.82) is 0 Å². The van der Waals surface area contributed by atoms with Crippen LogP contribution >= 0.6 is 0 Å². The van der Waals surface area contributed by atoms with Crippen molar-refractivity contribution < 1.29 is 4.84 Å². The lowest BCUT2D eigenvalue weighted by atomic mass is 10.5. The third-order valence-corrected chi connectivity index (χ3v) is 0.836. The summed E-state index contributed by atoms with van der Waals surface area (Å²) in [7, 11) is 1.93. The van der Waals surface area contributed by atoms with Crippen molar-refractivity contribution in [2.45, 2.75) is 26.9 Å². The van der Waals surface area contributed by atoms with Gasteiger partial charge in [-0.05, 0) is 13.8 Å². The summed E-state index contributed by atoms with van der Waals surface area (Å²) in [5, 5.41) is 1.82. The zero-order valence-corrected chi connectivity index (χ0v) is 6.14. The predicted molar refractivity (Wildman–Crippen MR) is 34.5 cm³/mol. The minimum absolute atomic E-state index is 0.306. The van der Waals surface area contributed by atoms with Crippen molar-refractivity contribution in [2.24, 2.45) is 0 Å². The van der Waals surface area contributed by atoms with Crippen LogP contribution in [0.3, 0.4) is 0 Å². The fraction of sp³-hybridized carbons (Fsp3) is 1.00. The predicted octanol–water partition coefficient (Wildman–Crippen LogP) is 1.28. The second-order valence-electron chi connectivity index (χ2n) is 2.10. The van der Waals surface area contributed by atoms with Crippen molar-refractivity contribution >= 4 is 0 Å². The molecule has 0 aliphatic rings. The maximum Gasteiger partial charge on any atom is 0.0736 e. The summed E-state index contributed by atoms with van der Waals surface area (Å²) in [6.45, 7) is 7.04. The van der Waals surface area contributed by atoms with Gasteiger partial charge < -0.3 is 0 Å². The molecule has 2 nitrogen and oxygen atoms in total. The summed E-state index contributed by atoms with van der Waals surface area (Å²) in [4.78, 5) is 5.23. The van der Waals surface area contributed by atoms with E-state index in [9.17, 15) is 0 Å². The van der Waals surface area contributed by atoms with E-state index in [0.29, 0.717) is 6.10 Å². The lowest BCUT2D eigenvalue weighted by Gasteiger charge is -2.16. The van der Waals surface area contributed by atoms with E-state index < -0.39 is 0 Å². The van der Waals surface area contributed by atoms with E-state index >= 15 is 0 Å². The highest BCUT2D eigenvalue weighted by Gasteiger charge is 1.95. The summed E-state index contributed by atoms with van der Waals surface area (Å²) in [5.41, 5.74) is 0. The fourth-order valence-electron chi connectivity index (χ4n) is 0.434. The summed E-state index contributed by atoms with van der Waals surface area (Å²) in [6.07, 6.45) is 0.306. The molecule has 0 unspecified atom stereocenters. The van der Waals surface area contributed by atoms with E-state index in [-0.39, 0.29) is 0 Å². The van der Waals surface area contributed by atoms with Gasteiger partial charge in [0, 0.05) is 13.6 Å². The first-order chi connectivity index (χ1) is 3.66. The monoisotopic (exact) mass is 117 g/mol. The number of hydroxylamine groups is 2. The first-order valence-corrected chi connectivity index (χ1v) is 3.04. The molecule has 0 aromatic heterocycles. The van der Waals surface area contributed by atoms with Gasteiger partial charge in [-0.15, -0.1) is 0 Å². The van der Waals surface area contributed by atoms with Crippen molar-refractivity contribution in [3.63, 3.8) is 0 Å². The average molecular weight is 117 g/mol. The van der Waals surface area contributed by atoms with E-state index in [2.05, 4.69) is 6.92 Å². The van der Waals surface area contributed by atoms with Gasteiger partial charge in [0.05, 0.1) is 6.10 Å². The summed E-state index contributed by atoms with van der Waals surface area (Å²) >= 11 is 0. The van der Waals surface area contributed by atoms with Gasteiger partial charge in [0.15, 0.2) is 0 Å². The largest absolute Gasteiger partial charge is 0.297 e. The van der Waals surface area contributed by atoms with Gasteiger partial charge in [0.1, 0.15) is 0 Å². The highest BCUT2D eigenvalue weighted by molar-refractivity contribution is 4.32. The van der Waals surface area contributed by atoms with E-state index in [4.69, 9.17) is 4.84 Å². The summed E-state index contributed by atoms with van der Waals surface area (Å²) in [6, 6.07) is 0. The first-order valence-electron chi connectivity index (χ1n) is 3.04. The number of hydrogen-bond acceptors (Lipinski definition) is 2. The maximum atomic E-state index is 5.23. The molecule has 0 bridgehead atoms. The minimum Gasteiger partial charge on any atom is -0.297 e. The van der Waals surface area contributed by atoms with E-state index in [1.165, 1.54) is 0 Å². The average Bonchev–Trinajstić information content (AvgIpc) is 1.65. The molecule has 0 spiro atoms. The second-order valence-corrected chi connectivity index (χ2v) is 2.10. The Hall–Kier alpha value is -0.0800. The lowest BCUT2D eigenvalue weighted by Crippen LogP contribution is -2.22. The number of nitrogens with zero attached hydrogens (tertiary/aromatic N) is 1. The van der Waals surface area contributed by atoms with E-state index in [1.54, 1.807) is 0 Å². The van der Waals surface area contributed by atoms with E-state index in [0.717, 1.165) is 6.54 Å². The molecule has 0 atom stereocenters. The van der Waals surface area contributed by atoms with Gasteiger partial charge in [-0.25, -0.2) is 0 Å². The molecule has 0 heterocycles. The van der Waals surface area contributed by atoms with Gasteiger partial charge in [0.25, 0.3) is 0 Å².